The van der Waals surface area contributed by atoms with E-state index < -0.39 is 5.97 Å². The molecule has 0 saturated heterocycles. The molecule has 0 fully saturated rings. The standard InChI is InChI=1S/C17H28N2O3/c1-7-21-17(20)15-9-8-14(18)10-16(15)22-13(6)19(11(2)3)12(4)5/h8-13H,7,18H2,1-6H3. The molecule has 0 radical (unpaired) electrons. The number of nitrogens with zero attached hydrogens (tertiary/aromatic N) is 1. The molecule has 0 aliphatic rings. The number of rotatable bonds is 7. The zero-order chi connectivity index (χ0) is 16.9. The van der Waals surface area contributed by atoms with Crippen LogP contribution >= 0.6 is 0 Å². The van der Waals surface area contributed by atoms with E-state index in [1.54, 1.807) is 25.1 Å². The molecule has 124 valence electrons. The Morgan fingerprint density at radius 3 is 2.27 bits per heavy atom. The van der Waals surface area contributed by atoms with Gasteiger partial charge >= 0.3 is 5.97 Å². The van der Waals surface area contributed by atoms with Gasteiger partial charge in [0.15, 0.2) is 0 Å². The van der Waals surface area contributed by atoms with Crippen molar-refractivity contribution in [1.82, 2.24) is 4.90 Å². The monoisotopic (exact) mass is 308 g/mol. The van der Waals surface area contributed by atoms with Gasteiger partial charge in [-0.05, 0) is 53.7 Å². The Labute approximate surface area is 133 Å². The van der Waals surface area contributed by atoms with Gasteiger partial charge in [0.1, 0.15) is 17.5 Å². The summed E-state index contributed by atoms with van der Waals surface area (Å²) >= 11 is 0. The second-order valence-corrected chi connectivity index (χ2v) is 5.83. The number of hydrogen-bond acceptors (Lipinski definition) is 5. The minimum absolute atomic E-state index is 0.185. The molecule has 1 aromatic rings. The minimum Gasteiger partial charge on any atom is -0.474 e. The molecule has 0 saturated carbocycles. The summed E-state index contributed by atoms with van der Waals surface area (Å²) in [5, 5.41) is 0. The second kappa shape index (κ2) is 8.03. The van der Waals surface area contributed by atoms with Crippen molar-refractivity contribution in [2.45, 2.75) is 59.9 Å². The van der Waals surface area contributed by atoms with Crippen molar-refractivity contribution >= 4 is 11.7 Å². The largest absolute Gasteiger partial charge is 0.474 e. The molecule has 2 N–H and O–H groups in total. The van der Waals surface area contributed by atoms with Crippen LogP contribution < -0.4 is 10.5 Å². The summed E-state index contributed by atoms with van der Waals surface area (Å²) in [4.78, 5) is 14.3. The minimum atomic E-state index is -0.398. The molecule has 5 nitrogen and oxygen atoms in total. The van der Waals surface area contributed by atoms with E-state index in [2.05, 4.69) is 32.6 Å². The first-order chi connectivity index (χ1) is 10.3. The van der Waals surface area contributed by atoms with E-state index in [0.717, 1.165) is 0 Å². The number of carbonyl (C=O) groups is 1. The van der Waals surface area contributed by atoms with E-state index in [-0.39, 0.29) is 6.23 Å². The Morgan fingerprint density at radius 1 is 1.18 bits per heavy atom. The van der Waals surface area contributed by atoms with E-state index in [1.165, 1.54) is 0 Å². The predicted octanol–water partition coefficient (Wildman–Crippen LogP) is 3.29. The van der Waals surface area contributed by atoms with Crippen molar-refractivity contribution in [2.75, 3.05) is 12.3 Å². The topological polar surface area (TPSA) is 64.8 Å². The molecule has 0 heterocycles. The Hall–Kier alpha value is -1.75. The lowest BCUT2D eigenvalue weighted by atomic mass is 10.1. The molecule has 22 heavy (non-hydrogen) atoms. The zero-order valence-electron chi connectivity index (χ0n) is 14.4. The van der Waals surface area contributed by atoms with Crippen LogP contribution in [0.5, 0.6) is 5.75 Å². The first-order valence-corrected chi connectivity index (χ1v) is 7.78. The lowest BCUT2D eigenvalue weighted by Crippen LogP contribution is -2.46. The summed E-state index contributed by atoms with van der Waals surface area (Å²) in [7, 11) is 0. The fourth-order valence-electron chi connectivity index (χ4n) is 2.69. The third kappa shape index (κ3) is 4.63. The van der Waals surface area contributed by atoms with Gasteiger partial charge in [0.25, 0.3) is 0 Å². The van der Waals surface area contributed by atoms with Crippen LogP contribution in [0.25, 0.3) is 0 Å². The van der Waals surface area contributed by atoms with Crippen molar-refractivity contribution in [3.8, 4) is 5.75 Å². The molecule has 1 unspecified atom stereocenters. The number of anilines is 1. The number of esters is 1. The van der Waals surface area contributed by atoms with Gasteiger partial charge in [0, 0.05) is 23.8 Å². The highest BCUT2D eigenvalue weighted by Gasteiger charge is 2.23. The summed E-state index contributed by atoms with van der Waals surface area (Å²) < 4.78 is 11.1. The number of hydrogen-bond donors (Lipinski definition) is 1. The predicted molar refractivity (Wildman–Crippen MR) is 89.0 cm³/mol. The van der Waals surface area contributed by atoms with Gasteiger partial charge in [-0.25, -0.2) is 4.79 Å². The highest BCUT2D eigenvalue weighted by Crippen LogP contribution is 2.25. The van der Waals surface area contributed by atoms with E-state index in [1.807, 2.05) is 6.92 Å². The fraction of sp³-hybridized carbons (Fsp3) is 0.588. The second-order valence-electron chi connectivity index (χ2n) is 5.83. The third-order valence-electron chi connectivity index (χ3n) is 3.41. The number of nitrogen functional groups attached to an aromatic ring is 1. The van der Waals surface area contributed by atoms with Crippen LogP contribution in [0.15, 0.2) is 18.2 Å². The molecule has 1 atom stereocenters. The van der Waals surface area contributed by atoms with Crippen LogP contribution in [0.2, 0.25) is 0 Å². The molecule has 5 heteroatoms. The van der Waals surface area contributed by atoms with Crippen molar-refractivity contribution in [1.29, 1.82) is 0 Å². The van der Waals surface area contributed by atoms with Crippen LogP contribution in [-0.4, -0.2) is 35.8 Å². The maximum absolute atomic E-state index is 12.0. The molecule has 0 aliphatic heterocycles. The Morgan fingerprint density at radius 2 is 1.77 bits per heavy atom. The Bertz CT molecular complexity index is 493. The fourth-order valence-corrected chi connectivity index (χ4v) is 2.69. The molecular formula is C17H28N2O3. The van der Waals surface area contributed by atoms with Gasteiger partial charge in [-0.2, -0.15) is 0 Å². The highest BCUT2D eigenvalue weighted by molar-refractivity contribution is 5.93. The zero-order valence-corrected chi connectivity index (χ0v) is 14.4. The lowest BCUT2D eigenvalue weighted by molar-refractivity contribution is -0.00647. The molecule has 0 amide bonds. The van der Waals surface area contributed by atoms with Gasteiger partial charge in [-0.1, -0.05) is 0 Å². The summed E-state index contributed by atoms with van der Waals surface area (Å²) in [5.74, 6) is 0.0580. The lowest BCUT2D eigenvalue weighted by Gasteiger charge is -2.36. The SMILES string of the molecule is CCOC(=O)c1ccc(N)cc1OC(C)N(C(C)C)C(C)C. The summed E-state index contributed by atoms with van der Waals surface area (Å²) in [6.45, 7) is 12.5. The Balaban J connectivity index is 3.05. The molecule has 1 rings (SSSR count). The number of nitrogens with two attached hydrogens (primary N) is 1. The Kier molecular flexibility index (Phi) is 6.68. The molecule has 1 aromatic carbocycles. The van der Waals surface area contributed by atoms with E-state index in [9.17, 15) is 4.79 Å². The quantitative estimate of drug-likeness (QED) is 0.476. The van der Waals surface area contributed by atoms with Crippen molar-refractivity contribution in [3.63, 3.8) is 0 Å². The van der Waals surface area contributed by atoms with Crippen LogP contribution in [0.1, 0.15) is 51.9 Å². The maximum Gasteiger partial charge on any atom is 0.341 e. The third-order valence-corrected chi connectivity index (χ3v) is 3.41. The first-order valence-electron chi connectivity index (χ1n) is 7.78. The molecule has 0 aromatic heterocycles. The summed E-state index contributed by atoms with van der Waals surface area (Å²) in [6, 6.07) is 5.63. The number of carbonyl (C=O) groups excluding carboxylic acids is 1. The van der Waals surface area contributed by atoms with Crippen LogP contribution in [0.3, 0.4) is 0 Å². The van der Waals surface area contributed by atoms with Gasteiger partial charge in [0.05, 0.1) is 6.61 Å². The van der Waals surface area contributed by atoms with Crippen LogP contribution in [-0.2, 0) is 4.74 Å². The van der Waals surface area contributed by atoms with Gasteiger partial charge in [-0.15, -0.1) is 0 Å². The van der Waals surface area contributed by atoms with Gasteiger partial charge in [0.2, 0.25) is 0 Å². The number of ether oxygens (including phenoxy) is 2. The van der Waals surface area contributed by atoms with Crippen molar-refractivity contribution in [3.05, 3.63) is 23.8 Å². The average molecular weight is 308 g/mol. The average Bonchev–Trinajstić information content (AvgIpc) is 2.37. The smallest absolute Gasteiger partial charge is 0.341 e. The highest BCUT2D eigenvalue weighted by atomic mass is 16.5. The number of benzene rings is 1. The van der Waals surface area contributed by atoms with Crippen molar-refractivity contribution in [2.24, 2.45) is 0 Å². The van der Waals surface area contributed by atoms with Crippen molar-refractivity contribution < 1.29 is 14.3 Å². The van der Waals surface area contributed by atoms with Gasteiger partial charge in [-0.3, -0.25) is 4.90 Å². The van der Waals surface area contributed by atoms with Crippen LogP contribution in [0, 0.1) is 0 Å². The summed E-state index contributed by atoms with van der Waals surface area (Å²) in [6.07, 6.45) is -0.185. The molecule has 0 bridgehead atoms. The molecule has 0 aliphatic carbocycles. The normalized spacial score (nSPS) is 12.8. The van der Waals surface area contributed by atoms with E-state index in [0.29, 0.717) is 35.7 Å². The van der Waals surface area contributed by atoms with E-state index >= 15 is 0 Å². The summed E-state index contributed by atoms with van der Waals surface area (Å²) in [5.41, 5.74) is 6.78. The molecular weight excluding hydrogens is 280 g/mol. The maximum atomic E-state index is 12.0. The van der Waals surface area contributed by atoms with Crippen LogP contribution in [0.4, 0.5) is 5.69 Å². The molecule has 0 spiro atoms. The van der Waals surface area contributed by atoms with E-state index in [4.69, 9.17) is 15.2 Å². The van der Waals surface area contributed by atoms with Gasteiger partial charge < -0.3 is 15.2 Å². The first kappa shape index (κ1) is 18.3.